The molecule has 3 rings (SSSR count). The van der Waals surface area contributed by atoms with E-state index in [1.807, 2.05) is 4.57 Å². The summed E-state index contributed by atoms with van der Waals surface area (Å²) in [6, 6.07) is 4.70. The van der Waals surface area contributed by atoms with Crippen molar-refractivity contribution in [1.82, 2.24) is 4.57 Å². The molecule has 0 radical (unpaired) electrons. The molecular weight excluding hydrogens is 374 g/mol. The maximum Gasteiger partial charge on any atom is 0.251 e. The third-order valence-electron chi connectivity index (χ3n) is 4.66. The Morgan fingerprint density at radius 3 is 2.73 bits per heavy atom. The monoisotopic (exact) mass is 397 g/mol. The van der Waals surface area contributed by atoms with Crippen molar-refractivity contribution in [2.24, 2.45) is 16.0 Å². The Morgan fingerprint density at radius 2 is 2.08 bits per heavy atom. The van der Waals surface area contributed by atoms with Gasteiger partial charge in [-0.3, -0.25) is 4.79 Å². The minimum atomic E-state index is -3.78. The SMILES string of the molecule is COCCn1c(=NC(=O)C2CCCCC2)sc2cc(S(N)(=O)=O)ccc21. The summed E-state index contributed by atoms with van der Waals surface area (Å²) in [4.78, 5) is 17.6. The standard InChI is InChI=1S/C17H23N3O4S2/c1-24-10-9-20-14-8-7-13(26(18,22)23)11-15(14)25-17(20)19-16(21)12-5-3-2-4-6-12/h7-8,11-12H,2-6,9-10H2,1H3,(H2,18,22,23). The summed E-state index contributed by atoms with van der Waals surface area (Å²) in [6.45, 7) is 0.996. The van der Waals surface area contributed by atoms with E-state index in [-0.39, 0.29) is 16.7 Å². The van der Waals surface area contributed by atoms with Gasteiger partial charge in [0.15, 0.2) is 4.80 Å². The zero-order chi connectivity index (χ0) is 18.7. The van der Waals surface area contributed by atoms with Crippen LogP contribution in [0.15, 0.2) is 28.1 Å². The van der Waals surface area contributed by atoms with Crippen LogP contribution >= 0.6 is 11.3 Å². The molecule has 0 unspecified atom stereocenters. The summed E-state index contributed by atoms with van der Waals surface area (Å²) in [5, 5.41) is 5.22. The van der Waals surface area contributed by atoms with Crippen molar-refractivity contribution in [2.75, 3.05) is 13.7 Å². The zero-order valence-corrected chi connectivity index (χ0v) is 16.3. The number of aromatic nitrogens is 1. The molecular formula is C17H23N3O4S2. The Kier molecular flexibility index (Phi) is 5.91. The van der Waals surface area contributed by atoms with Gasteiger partial charge in [-0.05, 0) is 31.0 Å². The largest absolute Gasteiger partial charge is 0.383 e. The van der Waals surface area contributed by atoms with Crippen molar-refractivity contribution < 1.29 is 17.9 Å². The first kappa shape index (κ1) is 19.2. The number of benzene rings is 1. The minimum absolute atomic E-state index is 0.00943. The van der Waals surface area contributed by atoms with Crippen LogP contribution in [0.25, 0.3) is 10.2 Å². The number of rotatable bonds is 5. The van der Waals surface area contributed by atoms with E-state index in [0.717, 1.165) is 35.9 Å². The molecule has 1 fully saturated rings. The van der Waals surface area contributed by atoms with Crippen LogP contribution in [0, 0.1) is 5.92 Å². The van der Waals surface area contributed by atoms with E-state index in [9.17, 15) is 13.2 Å². The van der Waals surface area contributed by atoms with E-state index in [4.69, 9.17) is 9.88 Å². The van der Waals surface area contributed by atoms with Gasteiger partial charge in [-0.25, -0.2) is 13.6 Å². The maximum absolute atomic E-state index is 12.6. The molecule has 7 nitrogen and oxygen atoms in total. The first-order chi connectivity index (χ1) is 12.4. The Balaban J connectivity index is 2.06. The first-order valence-electron chi connectivity index (χ1n) is 8.64. The Bertz CT molecular complexity index is 970. The van der Waals surface area contributed by atoms with Crippen molar-refractivity contribution in [1.29, 1.82) is 0 Å². The molecule has 0 aliphatic heterocycles. The quantitative estimate of drug-likeness (QED) is 0.833. The summed E-state index contributed by atoms with van der Waals surface area (Å²) >= 11 is 1.30. The molecule has 2 N–H and O–H groups in total. The van der Waals surface area contributed by atoms with Gasteiger partial charge in [-0.1, -0.05) is 30.6 Å². The molecule has 1 saturated carbocycles. The molecule has 2 aromatic rings. The second kappa shape index (κ2) is 7.99. The Labute approximate surface area is 156 Å². The number of fused-ring (bicyclic) bond motifs is 1. The molecule has 0 spiro atoms. The fraction of sp³-hybridized carbons (Fsp3) is 0.529. The molecule has 1 heterocycles. The van der Waals surface area contributed by atoms with Gasteiger partial charge in [0, 0.05) is 19.6 Å². The number of methoxy groups -OCH3 is 1. The van der Waals surface area contributed by atoms with Gasteiger partial charge >= 0.3 is 0 Å². The highest BCUT2D eigenvalue weighted by Crippen LogP contribution is 2.25. The van der Waals surface area contributed by atoms with Crippen LogP contribution in [0.2, 0.25) is 0 Å². The van der Waals surface area contributed by atoms with Gasteiger partial charge in [0.05, 0.1) is 21.7 Å². The second-order valence-electron chi connectivity index (χ2n) is 6.49. The normalized spacial score (nSPS) is 17.1. The number of primary sulfonamides is 1. The van der Waals surface area contributed by atoms with Gasteiger partial charge in [-0.2, -0.15) is 4.99 Å². The van der Waals surface area contributed by atoms with Crippen molar-refractivity contribution in [3.8, 4) is 0 Å². The number of carbonyl (C=O) groups is 1. The number of carbonyl (C=O) groups excluding carboxylic acids is 1. The Hall–Kier alpha value is -1.55. The summed E-state index contributed by atoms with van der Waals surface area (Å²) < 4.78 is 31.0. The predicted octanol–water partition coefficient (Wildman–Crippen LogP) is 2.00. The number of thiazole rings is 1. The average Bonchev–Trinajstić information content (AvgIpc) is 2.96. The Morgan fingerprint density at radius 1 is 1.35 bits per heavy atom. The molecule has 9 heteroatoms. The predicted molar refractivity (Wildman–Crippen MR) is 100 cm³/mol. The number of sulfonamides is 1. The lowest BCUT2D eigenvalue weighted by molar-refractivity contribution is -0.122. The van der Waals surface area contributed by atoms with E-state index >= 15 is 0 Å². The molecule has 0 atom stereocenters. The number of nitrogens with zero attached hydrogens (tertiary/aromatic N) is 2. The number of hydrogen-bond acceptors (Lipinski definition) is 5. The smallest absolute Gasteiger partial charge is 0.251 e. The third-order valence-corrected chi connectivity index (χ3v) is 6.61. The summed E-state index contributed by atoms with van der Waals surface area (Å²) in [5.41, 5.74) is 0.814. The van der Waals surface area contributed by atoms with Gasteiger partial charge < -0.3 is 9.30 Å². The lowest BCUT2D eigenvalue weighted by Crippen LogP contribution is -2.23. The van der Waals surface area contributed by atoms with Gasteiger partial charge in [-0.15, -0.1) is 0 Å². The summed E-state index contributed by atoms with van der Waals surface area (Å²) in [6.07, 6.45) is 5.10. The third kappa shape index (κ3) is 4.22. The second-order valence-corrected chi connectivity index (χ2v) is 9.06. The molecule has 0 saturated heterocycles. The van der Waals surface area contributed by atoms with Crippen LogP contribution in [0.5, 0.6) is 0 Å². The molecule has 1 amide bonds. The molecule has 26 heavy (non-hydrogen) atoms. The van der Waals surface area contributed by atoms with Gasteiger partial charge in [0.2, 0.25) is 10.0 Å². The van der Waals surface area contributed by atoms with Crippen LogP contribution < -0.4 is 9.94 Å². The van der Waals surface area contributed by atoms with Crippen LogP contribution in [0.4, 0.5) is 0 Å². The van der Waals surface area contributed by atoms with Crippen LogP contribution in [-0.2, 0) is 26.1 Å². The van der Waals surface area contributed by atoms with Crippen molar-refractivity contribution >= 4 is 37.5 Å². The topological polar surface area (TPSA) is 104 Å². The van der Waals surface area contributed by atoms with Crippen molar-refractivity contribution in [2.45, 2.75) is 43.5 Å². The average molecular weight is 398 g/mol. The van der Waals surface area contributed by atoms with E-state index in [1.165, 1.54) is 29.9 Å². The summed E-state index contributed by atoms with van der Waals surface area (Å²) in [7, 11) is -2.17. The zero-order valence-electron chi connectivity index (χ0n) is 14.7. The fourth-order valence-corrected chi connectivity index (χ4v) is 4.96. The lowest BCUT2D eigenvalue weighted by atomic mass is 9.89. The van der Waals surface area contributed by atoms with Crippen LogP contribution in [0.1, 0.15) is 32.1 Å². The highest BCUT2D eigenvalue weighted by Gasteiger charge is 2.21. The summed E-state index contributed by atoms with van der Waals surface area (Å²) in [5.74, 6) is -0.0982. The lowest BCUT2D eigenvalue weighted by Gasteiger charge is -2.17. The molecule has 142 valence electrons. The van der Waals surface area contributed by atoms with E-state index in [1.54, 1.807) is 13.2 Å². The van der Waals surface area contributed by atoms with Gasteiger partial charge in [0.1, 0.15) is 0 Å². The number of amides is 1. The number of hydrogen-bond donors (Lipinski definition) is 1. The maximum atomic E-state index is 12.6. The van der Waals surface area contributed by atoms with Crippen LogP contribution in [0.3, 0.4) is 0 Å². The molecule has 1 aromatic heterocycles. The van der Waals surface area contributed by atoms with E-state index < -0.39 is 10.0 Å². The minimum Gasteiger partial charge on any atom is -0.383 e. The van der Waals surface area contributed by atoms with Crippen molar-refractivity contribution in [3.63, 3.8) is 0 Å². The van der Waals surface area contributed by atoms with Crippen LogP contribution in [-0.4, -0.2) is 32.6 Å². The van der Waals surface area contributed by atoms with E-state index in [0.29, 0.717) is 18.0 Å². The fourth-order valence-electron chi connectivity index (χ4n) is 3.25. The number of nitrogens with two attached hydrogens (primary N) is 1. The first-order valence-corrected chi connectivity index (χ1v) is 11.0. The van der Waals surface area contributed by atoms with E-state index in [2.05, 4.69) is 4.99 Å². The number of ether oxygens (including phenoxy) is 1. The molecule has 0 bridgehead atoms. The highest BCUT2D eigenvalue weighted by molar-refractivity contribution is 7.89. The molecule has 1 aliphatic rings. The molecule has 1 aliphatic carbocycles. The highest BCUT2D eigenvalue weighted by atomic mass is 32.2. The molecule has 1 aromatic carbocycles. The van der Waals surface area contributed by atoms with Crippen molar-refractivity contribution in [3.05, 3.63) is 23.0 Å². The van der Waals surface area contributed by atoms with Gasteiger partial charge in [0.25, 0.3) is 5.91 Å².